The summed E-state index contributed by atoms with van der Waals surface area (Å²) in [6.07, 6.45) is 6.22. The van der Waals surface area contributed by atoms with Gasteiger partial charge in [-0.1, -0.05) is 11.6 Å². The second-order valence-electron chi connectivity index (χ2n) is 3.24. The molecule has 0 aromatic carbocycles. The van der Waals surface area contributed by atoms with Gasteiger partial charge in [-0.3, -0.25) is 4.79 Å². The van der Waals surface area contributed by atoms with Crippen molar-refractivity contribution in [1.29, 1.82) is 0 Å². The van der Waals surface area contributed by atoms with E-state index in [0.29, 0.717) is 0 Å². The number of carbonyl (C=O) groups excluding carboxylic acids is 1. The highest BCUT2D eigenvalue weighted by atomic mass is 16.5. The van der Waals surface area contributed by atoms with Crippen LogP contribution < -0.4 is 0 Å². The topological polar surface area (TPSA) is 26.3 Å². The molecule has 0 atom stereocenters. The first-order valence-corrected chi connectivity index (χ1v) is 4.49. The number of hydrogen-bond acceptors (Lipinski definition) is 2. The third kappa shape index (κ3) is 2.10. The van der Waals surface area contributed by atoms with Crippen LogP contribution in [0.1, 0.15) is 32.6 Å². The van der Waals surface area contributed by atoms with Gasteiger partial charge in [-0.25, -0.2) is 0 Å². The SMILES string of the molecule is CC=C1CCC(C(=O)OC)CC1. The van der Waals surface area contributed by atoms with E-state index in [1.807, 2.05) is 0 Å². The summed E-state index contributed by atoms with van der Waals surface area (Å²) in [6.45, 7) is 2.06. The van der Waals surface area contributed by atoms with E-state index in [0.717, 1.165) is 25.7 Å². The fraction of sp³-hybridized carbons (Fsp3) is 0.700. The van der Waals surface area contributed by atoms with E-state index in [-0.39, 0.29) is 11.9 Å². The summed E-state index contributed by atoms with van der Waals surface area (Å²) in [4.78, 5) is 11.1. The van der Waals surface area contributed by atoms with E-state index >= 15 is 0 Å². The van der Waals surface area contributed by atoms with Crippen LogP contribution in [0.4, 0.5) is 0 Å². The zero-order valence-electron chi connectivity index (χ0n) is 7.80. The number of hydrogen-bond donors (Lipinski definition) is 0. The van der Waals surface area contributed by atoms with Crippen LogP contribution in [-0.2, 0) is 9.53 Å². The fourth-order valence-electron chi connectivity index (χ4n) is 1.68. The summed E-state index contributed by atoms with van der Waals surface area (Å²) in [5.41, 5.74) is 1.48. The molecular formula is C10H16O2. The Morgan fingerprint density at radius 2 is 2.08 bits per heavy atom. The Kier molecular flexibility index (Phi) is 3.32. The average Bonchev–Trinajstić information content (AvgIpc) is 2.17. The number of rotatable bonds is 1. The quantitative estimate of drug-likeness (QED) is 0.443. The van der Waals surface area contributed by atoms with Crippen molar-refractivity contribution >= 4 is 5.97 Å². The zero-order chi connectivity index (χ0) is 8.97. The highest BCUT2D eigenvalue weighted by Gasteiger charge is 2.23. The first-order valence-electron chi connectivity index (χ1n) is 4.49. The number of methoxy groups -OCH3 is 1. The molecule has 0 radical (unpaired) electrons. The molecule has 0 spiro atoms. The van der Waals surface area contributed by atoms with Crippen LogP contribution in [0.2, 0.25) is 0 Å². The van der Waals surface area contributed by atoms with Crippen molar-refractivity contribution in [3.63, 3.8) is 0 Å². The molecule has 0 aromatic rings. The predicted molar refractivity (Wildman–Crippen MR) is 47.7 cm³/mol. The summed E-state index contributed by atoms with van der Waals surface area (Å²) in [7, 11) is 1.47. The van der Waals surface area contributed by atoms with Crippen molar-refractivity contribution in [2.45, 2.75) is 32.6 Å². The summed E-state index contributed by atoms with van der Waals surface area (Å²) < 4.78 is 4.70. The fourth-order valence-corrected chi connectivity index (χ4v) is 1.68. The molecule has 2 nitrogen and oxygen atoms in total. The van der Waals surface area contributed by atoms with Gasteiger partial charge in [0.2, 0.25) is 0 Å². The van der Waals surface area contributed by atoms with Crippen molar-refractivity contribution < 1.29 is 9.53 Å². The van der Waals surface area contributed by atoms with E-state index in [1.165, 1.54) is 12.7 Å². The Bertz CT molecular complexity index is 184. The second kappa shape index (κ2) is 4.29. The molecule has 0 amide bonds. The van der Waals surface area contributed by atoms with E-state index in [4.69, 9.17) is 4.74 Å². The summed E-state index contributed by atoms with van der Waals surface area (Å²) in [6, 6.07) is 0. The van der Waals surface area contributed by atoms with Gasteiger partial charge in [0.15, 0.2) is 0 Å². The average molecular weight is 168 g/mol. The maximum Gasteiger partial charge on any atom is 0.308 e. The Hall–Kier alpha value is -0.790. The number of ether oxygens (including phenoxy) is 1. The molecule has 1 rings (SSSR count). The maximum absolute atomic E-state index is 11.1. The summed E-state index contributed by atoms with van der Waals surface area (Å²) in [5, 5.41) is 0. The van der Waals surface area contributed by atoms with Crippen LogP contribution in [-0.4, -0.2) is 13.1 Å². The number of allylic oxidation sites excluding steroid dienone is 2. The Morgan fingerprint density at radius 3 is 2.50 bits per heavy atom. The molecule has 1 fully saturated rings. The predicted octanol–water partition coefficient (Wildman–Crippen LogP) is 2.30. The molecule has 0 aromatic heterocycles. The lowest BCUT2D eigenvalue weighted by molar-refractivity contribution is -0.146. The lowest BCUT2D eigenvalue weighted by atomic mass is 9.86. The summed E-state index contributed by atoms with van der Waals surface area (Å²) in [5.74, 6) is 0.115. The lowest BCUT2D eigenvalue weighted by Crippen LogP contribution is -2.19. The van der Waals surface area contributed by atoms with Gasteiger partial charge in [-0.15, -0.1) is 0 Å². The molecule has 0 unspecified atom stereocenters. The maximum atomic E-state index is 11.1. The molecule has 1 aliphatic rings. The molecule has 2 heteroatoms. The van der Waals surface area contributed by atoms with E-state index in [1.54, 1.807) is 0 Å². The molecule has 0 heterocycles. The number of carbonyl (C=O) groups is 1. The van der Waals surface area contributed by atoms with Gasteiger partial charge in [-0.2, -0.15) is 0 Å². The van der Waals surface area contributed by atoms with Crippen molar-refractivity contribution in [1.82, 2.24) is 0 Å². The van der Waals surface area contributed by atoms with E-state index in [9.17, 15) is 4.79 Å². The molecular weight excluding hydrogens is 152 g/mol. The van der Waals surface area contributed by atoms with Crippen molar-refractivity contribution in [3.8, 4) is 0 Å². The monoisotopic (exact) mass is 168 g/mol. The van der Waals surface area contributed by atoms with Gasteiger partial charge in [0.25, 0.3) is 0 Å². The largest absolute Gasteiger partial charge is 0.469 e. The Morgan fingerprint density at radius 1 is 1.50 bits per heavy atom. The van der Waals surface area contributed by atoms with Gasteiger partial charge >= 0.3 is 5.97 Å². The van der Waals surface area contributed by atoms with Crippen LogP contribution in [0.3, 0.4) is 0 Å². The minimum Gasteiger partial charge on any atom is -0.469 e. The van der Waals surface area contributed by atoms with Gasteiger partial charge < -0.3 is 4.74 Å². The minimum atomic E-state index is -0.0369. The molecule has 1 aliphatic carbocycles. The van der Waals surface area contributed by atoms with Gasteiger partial charge in [0.1, 0.15) is 0 Å². The Labute approximate surface area is 73.6 Å². The molecule has 68 valence electrons. The van der Waals surface area contributed by atoms with Gasteiger partial charge in [-0.05, 0) is 32.6 Å². The zero-order valence-corrected chi connectivity index (χ0v) is 7.80. The standard InChI is InChI=1S/C10H16O2/c1-3-8-4-6-9(7-5-8)10(11)12-2/h3,9H,4-7H2,1-2H3. The van der Waals surface area contributed by atoms with Gasteiger partial charge in [0.05, 0.1) is 13.0 Å². The molecule has 1 saturated carbocycles. The van der Waals surface area contributed by atoms with Crippen LogP contribution in [0.25, 0.3) is 0 Å². The van der Waals surface area contributed by atoms with Crippen molar-refractivity contribution in [2.75, 3.05) is 7.11 Å². The first kappa shape index (κ1) is 9.30. The van der Waals surface area contributed by atoms with E-state index in [2.05, 4.69) is 13.0 Å². The first-order chi connectivity index (χ1) is 5.77. The van der Waals surface area contributed by atoms with Gasteiger partial charge in [0, 0.05) is 0 Å². The van der Waals surface area contributed by atoms with Crippen LogP contribution in [0.5, 0.6) is 0 Å². The van der Waals surface area contributed by atoms with E-state index < -0.39 is 0 Å². The highest BCUT2D eigenvalue weighted by molar-refractivity contribution is 5.72. The molecule has 0 N–H and O–H groups in total. The summed E-state index contributed by atoms with van der Waals surface area (Å²) >= 11 is 0. The lowest BCUT2D eigenvalue weighted by Gasteiger charge is -2.21. The normalized spacial score (nSPS) is 23.5. The molecule has 0 saturated heterocycles. The third-order valence-electron chi connectivity index (χ3n) is 2.57. The molecule has 0 bridgehead atoms. The second-order valence-corrected chi connectivity index (χ2v) is 3.24. The van der Waals surface area contributed by atoms with Crippen LogP contribution in [0.15, 0.2) is 11.6 Å². The molecule has 12 heavy (non-hydrogen) atoms. The third-order valence-corrected chi connectivity index (χ3v) is 2.57. The Balaban J connectivity index is 2.41. The van der Waals surface area contributed by atoms with Crippen molar-refractivity contribution in [2.24, 2.45) is 5.92 Å². The molecule has 0 aliphatic heterocycles. The van der Waals surface area contributed by atoms with Crippen molar-refractivity contribution in [3.05, 3.63) is 11.6 Å². The number of esters is 1. The van der Waals surface area contributed by atoms with Crippen LogP contribution in [0, 0.1) is 5.92 Å². The van der Waals surface area contributed by atoms with Crippen LogP contribution >= 0.6 is 0 Å². The highest BCUT2D eigenvalue weighted by Crippen LogP contribution is 2.28. The smallest absolute Gasteiger partial charge is 0.308 e. The minimum absolute atomic E-state index is 0.0369.